The summed E-state index contributed by atoms with van der Waals surface area (Å²) >= 11 is 0. The second kappa shape index (κ2) is 8.22. The molecular formula is C17H23NO4. The summed E-state index contributed by atoms with van der Waals surface area (Å²) < 4.78 is 10.2. The molecule has 1 rings (SSSR count). The minimum absolute atomic E-state index is 0.238. The van der Waals surface area contributed by atoms with Crippen molar-refractivity contribution in [2.75, 3.05) is 26.8 Å². The molecule has 0 saturated heterocycles. The number of nitrogens with zero attached hydrogens (tertiary/aromatic N) is 1. The number of hydrogen-bond acceptors (Lipinski definition) is 4. The number of esters is 1. The zero-order chi connectivity index (χ0) is 16.7. The molecule has 5 heteroatoms. The predicted octanol–water partition coefficient (Wildman–Crippen LogP) is 2.59. The summed E-state index contributed by atoms with van der Waals surface area (Å²) in [5.41, 5.74) is 2.16. The van der Waals surface area contributed by atoms with Crippen LogP contribution in [0.25, 0.3) is 0 Å². The summed E-state index contributed by atoms with van der Waals surface area (Å²) in [6, 6.07) is 5.03. The number of benzene rings is 1. The third kappa shape index (κ3) is 4.91. The van der Waals surface area contributed by atoms with E-state index >= 15 is 0 Å². The molecule has 0 N–H and O–H groups in total. The summed E-state index contributed by atoms with van der Waals surface area (Å²) in [5, 5.41) is 0. The molecule has 120 valence electrons. The van der Waals surface area contributed by atoms with Gasteiger partial charge in [-0.15, -0.1) is 0 Å². The average molecular weight is 305 g/mol. The van der Waals surface area contributed by atoms with Crippen molar-refractivity contribution in [1.29, 1.82) is 0 Å². The van der Waals surface area contributed by atoms with Crippen molar-refractivity contribution >= 4 is 11.9 Å². The number of methoxy groups -OCH3 is 1. The molecule has 0 atom stereocenters. The standard InChI is InChI=1S/C17H23NO4/c1-6-18(10-12(2)3)16(19)11-22-17(20)14-8-7-13(4)15(9-14)21-5/h7-9H,2,6,10-11H2,1,3-5H3. The number of amides is 1. The SMILES string of the molecule is C=C(C)CN(CC)C(=O)COC(=O)c1ccc(C)c(OC)c1. The first-order chi connectivity index (χ1) is 10.4. The molecule has 1 amide bonds. The number of aryl methyl sites for hydroxylation is 1. The van der Waals surface area contributed by atoms with Gasteiger partial charge >= 0.3 is 5.97 Å². The summed E-state index contributed by atoms with van der Waals surface area (Å²) in [4.78, 5) is 25.6. The highest BCUT2D eigenvalue weighted by Gasteiger charge is 2.16. The smallest absolute Gasteiger partial charge is 0.338 e. The van der Waals surface area contributed by atoms with Gasteiger partial charge in [-0.1, -0.05) is 18.2 Å². The molecule has 5 nitrogen and oxygen atoms in total. The van der Waals surface area contributed by atoms with Gasteiger partial charge < -0.3 is 14.4 Å². The number of rotatable bonds is 7. The van der Waals surface area contributed by atoms with E-state index in [4.69, 9.17) is 9.47 Å². The Balaban J connectivity index is 2.65. The van der Waals surface area contributed by atoms with Gasteiger partial charge in [0.25, 0.3) is 5.91 Å². The molecule has 0 aliphatic carbocycles. The van der Waals surface area contributed by atoms with E-state index in [1.165, 1.54) is 7.11 Å². The maximum Gasteiger partial charge on any atom is 0.338 e. The van der Waals surface area contributed by atoms with Gasteiger partial charge in [0.05, 0.1) is 12.7 Å². The maximum absolute atomic E-state index is 12.0. The monoisotopic (exact) mass is 305 g/mol. The lowest BCUT2D eigenvalue weighted by Gasteiger charge is -2.20. The van der Waals surface area contributed by atoms with E-state index in [9.17, 15) is 9.59 Å². The van der Waals surface area contributed by atoms with E-state index in [1.807, 2.05) is 20.8 Å². The second-order valence-electron chi connectivity index (χ2n) is 5.13. The summed E-state index contributed by atoms with van der Waals surface area (Å²) in [5.74, 6) is -0.172. The van der Waals surface area contributed by atoms with Crippen molar-refractivity contribution in [3.8, 4) is 5.75 Å². The van der Waals surface area contributed by atoms with E-state index in [1.54, 1.807) is 23.1 Å². The number of carbonyl (C=O) groups excluding carboxylic acids is 2. The van der Waals surface area contributed by atoms with Crippen LogP contribution in [0.1, 0.15) is 29.8 Å². The van der Waals surface area contributed by atoms with Gasteiger partial charge in [-0.25, -0.2) is 4.79 Å². The van der Waals surface area contributed by atoms with E-state index in [2.05, 4.69) is 6.58 Å². The molecule has 0 radical (unpaired) electrons. The Morgan fingerprint density at radius 1 is 1.32 bits per heavy atom. The quantitative estimate of drug-likeness (QED) is 0.574. The van der Waals surface area contributed by atoms with Crippen molar-refractivity contribution in [3.05, 3.63) is 41.5 Å². The minimum Gasteiger partial charge on any atom is -0.496 e. The summed E-state index contributed by atoms with van der Waals surface area (Å²) in [6.07, 6.45) is 0. The number of hydrogen-bond donors (Lipinski definition) is 0. The minimum atomic E-state index is -0.543. The highest BCUT2D eigenvalue weighted by atomic mass is 16.5. The molecule has 0 saturated carbocycles. The van der Waals surface area contributed by atoms with Crippen LogP contribution in [0.3, 0.4) is 0 Å². The topological polar surface area (TPSA) is 55.8 Å². The van der Waals surface area contributed by atoms with Gasteiger partial charge in [0, 0.05) is 13.1 Å². The van der Waals surface area contributed by atoms with Crippen molar-refractivity contribution < 1.29 is 19.1 Å². The Morgan fingerprint density at radius 2 is 2.00 bits per heavy atom. The fourth-order valence-electron chi connectivity index (χ4n) is 1.95. The fourth-order valence-corrected chi connectivity index (χ4v) is 1.95. The number of likely N-dealkylation sites (N-methyl/N-ethyl adjacent to an activating group) is 1. The zero-order valence-electron chi connectivity index (χ0n) is 13.6. The van der Waals surface area contributed by atoms with E-state index < -0.39 is 5.97 Å². The van der Waals surface area contributed by atoms with Crippen LogP contribution in [-0.2, 0) is 9.53 Å². The highest BCUT2D eigenvalue weighted by molar-refractivity contribution is 5.91. The Morgan fingerprint density at radius 3 is 2.55 bits per heavy atom. The van der Waals surface area contributed by atoms with Crippen molar-refractivity contribution in [3.63, 3.8) is 0 Å². The Labute approximate surface area is 131 Å². The fraction of sp³-hybridized carbons (Fsp3) is 0.412. The predicted molar refractivity (Wildman–Crippen MR) is 85.1 cm³/mol. The van der Waals surface area contributed by atoms with Crippen molar-refractivity contribution in [1.82, 2.24) is 4.90 Å². The lowest BCUT2D eigenvalue weighted by atomic mass is 10.1. The maximum atomic E-state index is 12.0. The lowest BCUT2D eigenvalue weighted by molar-refractivity contribution is -0.133. The van der Waals surface area contributed by atoms with Gasteiger partial charge in [-0.3, -0.25) is 4.79 Å². The molecule has 0 heterocycles. The van der Waals surface area contributed by atoms with Crippen LogP contribution < -0.4 is 4.74 Å². The van der Waals surface area contributed by atoms with Gasteiger partial charge in [-0.05, 0) is 38.5 Å². The first-order valence-electron chi connectivity index (χ1n) is 7.13. The summed E-state index contributed by atoms with van der Waals surface area (Å²) in [6.45, 7) is 10.1. The van der Waals surface area contributed by atoms with Crippen molar-refractivity contribution in [2.24, 2.45) is 0 Å². The first kappa shape index (κ1) is 17.8. The van der Waals surface area contributed by atoms with Crippen LogP contribution in [0.15, 0.2) is 30.4 Å². The molecule has 0 spiro atoms. The number of ether oxygens (including phenoxy) is 2. The Bertz CT molecular complexity index is 566. The molecule has 0 aromatic heterocycles. The molecule has 1 aromatic rings. The third-order valence-corrected chi connectivity index (χ3v) is 3.17. The van der Waals surface area contributed by atoms with Crippen LogP contribution in [0.5, 0.6) is 5.75 Å². The van der Waals surface area contributed by atoms with E-state index in [-0.39, 0.29) is 12.5 Å². The molecule has 0 unspecified atom stereocenters. The van der Waals surface area contributed by atoms with Crippen LogP contribution in [-0.4, -0.2) is 43.6 Å². The van der Waals surface area contributed by atoms with E-state index in [0.29, 0.717) is 24.4 Å². The largest absolute Gasteiger partial charge is 0.496 e. The Hall–Kier alpha value is -2.30. The average Bonchev–Trinajstić information content (AvgIpc) is 2.50. The third-order valence-electron chi connectivity index (χ3n) is 3.17. The molecule has 0 aliphatic rings. The normalized spacial score (nSPS) is 10.0. The summed E-state index contributed by atoms with van der Waals surface area (Å²) in [7, 11) is 1.54. The van der Waals surface area contributed by atoms with Gasteiger partial charge in [0.15, 0.2) is 6.61 Å². The van der Waals surface area contributed by atoms with Crippen LogP contribution in [0.2, 0.25) is 0 Å². The Kier molecular flexibility index (Phi) is 6.63. The number of carbonyl (C=O) groups is 2. The van der Waals surface area contributed by atoms with Crippen LogP contribution in [0.4, 0.5) is 0 Å². The zero-order valence-corrected chi connectivity index (χ0v) is 13.6. The van der Waals surface area contributed by atoms with Gasteiger partial charge in [-0.2, -0.15) is 0 Å². The van der Waals surface area contributed by atoms with Gasteiger partial charge in [0.1, 0.15) is 5.75 Å². The van der Waals surface area contributed by atoms with E-state index in [0.717, 1.165) is 11.1 Å². The lowest BCUT2D eigenvalue weighted by Crippen LogP contribution is -2.35. The van der Waals surface area contributed by atoms with Crippen LogP contribution in [0, 0.1) is 6.92 Å². The molecule has 0 fully saturated rings. The molecule has 0 aliphatic heterocycles. The highest BCUT2D eigenvalue weighted by Crippen LogP contribution is 2.19. The molecule has 1 aromatic carbocycles. The molecular weight excluding hydrogens is 282 g/mol. The molecule has 22 heavy (non-hydrogen) atoms. The first-order valence-corrected chi connectivity index (χ1v) is 7.13. The van der Waals surface area contributed by atoms with Gasteiger partial charge in [0.2, 0.25) is 0 Å². The van der Waals surface area contributed by atoms with Crippen LogP contribution >= 0.6 is 0 Å². The van der Waals surface area contributed by atoms with Crippen molar-refractivity contribution in [2.45, 2.75) is 20.8 Å². The molecule has 0 bridgehead atoms. The second-order valence-corrected chi connectivity index (χ2v) is 5.13.